The highest BCUT2D eigenvalue weighted by atomic mass is 16.5. The first kappa shape index (κ1) is 16.5. The smallest absolute Gasteiger partial charge is 0.260 e. The van der Waals surface area contributed by atoms with E-state index in [9.17, 15) is 4.79 Å². The van der Waals surface area contributed by atoms with Crippen molar-refractivity contribution in [3.8, 4) is 5.75 Å². The van der Waals surface area contributed by atoms with Crippen molar-refractivity contribution < 1.29 is 9.53 Å². The zero-order chi connectivity index (χ0) is 15.1. The van der Waals surface area contributed by atoms with Crippen LogP contribution in [0.15, 0.2) is 24.3 Å². The maximum Gasteiger partial charge on any atom is 0.260 e. The van der Waals surface area contributed by atoms with Gasteiger partial charge in [-0.1, -0.05) is 32.0 Å². The van der Waals surface area contributed by atoms with Gasteiger partial charge in [-0.3, -0.25) is 4.79 Å². The van der Waals surface area contributed by atoms with E-state index in [2.05, 4.69) is 20.8 Å². The Kier molecular flexibility index (Phi) is 6.52. The summed E-state index contributed by atoms with van der Waals surface area (Å²) in [4.78, 5) is 13.9. The van der Waals surface area contributed by atoms with Gasteiger partial charge in [-0.15, -0.1) is 0 Å². The van der Waals surface area contributed by atoms with Gasteiger partial charge < -0.3 is 15.4 Å². The highest BCUT2D eigenvalue weighted by molar-refractivity contribution is 5.77. The lowest BCUT2D eigenvalue weighted by molar-refractivity contribution is -0.134. The molecule has 0 spiro atoms. The van der Waals surface area contributed by atoms with Gasteiger partial charge >= 0.3 is 0 Å². The summed E-state index contributed by atoms with van der Waals surface area (Å²) in [5, 5.41) is 0. The van der Waals surface area contributed by atoms with Crippen molar-refractivity contribution in [3.63, 3.8) is 0 Å². The Bertz CT molecular complexity index is 432. The molecule has 0 saturated carbocycles. The van der Waals surface area contributed by atoms with Gasteiger partial charge in [-0.05, 0) is 25.3 Å². The topological polar surface area (TPSA) is 55.6 Å². The van der Waals surface area contributed by atoms with Gasteiger partial charge in [0, 0.05) is 25.2 Å². The van der Waals surface area contributed by atoms with Crippen molar-refractivity contribution in [2.24, 2.45) is 11.7 Å². The number of ether oxygens (including phenoxy) is 1. The number of hydrogen-bond donors (Lipinski definition) is 1. The van der Waals surface area contributed by atoms with Crippen LogP contribution in [0.1, 0.15) is 32.8 Å². The van der Waals surface area contributed by atoms with Crippen LogP contribution in [0.5, 0.6) is 5.75 Å². The van der Waals surface area contributed by atoms with Crippen LogP contribution < -0.4 is 10.5 Å². The second-order valence-corrected chi connectivity index (χ2v) is 5.58. The Morgan fingerprint density at radius 1 is 1.30 bits per heavy atom. The Balaban J connectivity index is 2.54. The molecule has 0 aromatic heterocycles. The highest BCUT2D eigenvalue weighted by Gasteiger charge is 2.17. The van der Waals surface area contributed by atoms with Crippen molar-refractivity contribution in [2.45, 2.75) is 39.8 Å². The molecular formula is C16H26N2O2. The van der Waals surface area contributed by atoms with Crippen molar-refractivity contribution >= 4 is 5.91 Å². The van der Waals surface area contributed by atoms with E-state index >= 15 is 0 Å². The number of para-hydroxylation sites is 1. The average Bonchev–Trinajstić information content (AvgIpc) is 2.43. The molecule has 1 unspecified atom stereocenters. The third-order valence-electron chi connectivity index (χ3n) is 3.41. The summed E-state index contributed by atoms with van der Waals surface area (Å²) in [6.07, 6.45) is 0.988. The molecule has 0 bridgehead atoms. The number of likely N-dealkylation sites (N-methyl/N-ethyl adjacent to an activating group) is 1. The van der Waals surface area contributed by atoms with Crippen LogP contribution in [0.4, 0.5) is 0 Å². The minimum Gasteiger partial charge on any atom is -0.483 e. The summed E-state index contributed by atoms with van der Waals surface area (Å²) in [6.45, 7) is 6.83. The van der Waals surface area contributed by atoms with E-state index in [1.807, 2.05) is 31.3 Å². The number of carbonyl (C=O) groups is 1. The zero-order valence-electron chi connectivity index (χ0n) is 12.9. The number of nitrogens with zero attached hydrogens (tertiary/aromatic N) is 1. The van der Waals surface area contributed by atoms with Gasteiger partial charge in [-0.2, -0.15) is 0 Å². The Morgan fingerprint density at radius 3 is 2.55 bits per heavy atom. The van der Waals surface area contributed by atoms with Gasteiger partial charge in [0.15, 0.2) is 6.61 Å². The lowest BCUT2D eigenvalue weighted by atomic mass is 10.0. The minimum absolute atomic E-state index is 0.00928. The first-order valence-corrected chi connectivity index (χ1v) is 7.12. The van der Waals surface area contributed by atoms with Crippen LogP contribution in [0.3, 0.4) is 0 Å². The highest BCUT2D eigenvalue weighted by Crippen LogP contribution is 2.17. The molecule has 0 saturated heterocycles. The predicted molar refractivity (Wildman–Crippen MR) is 81.5 cm³/mol. The molecule has 0 aliphatic rings. The summed E-state index contributed by atoms with van der Waals surface area (Å²) in [7, 11) is 1.83. The van der Waals surface area contributed by atoms with E-state index in [0.29, 0.717) is 18.2 Å². The molecule has 0 heterocycles. The van der Waals surface area contributed by atoms with E-state index in [4.69, 9.17) is 10.5 Å². The number of carbonyl (C=O) groups excluding carboxylic acids is 1. The van der Waals surface area contributed by atoms with E-state index in [0.717, 1.165) is 12.0 Å². The number of rotatable bonds is 7. The number of benzene rings is 1. The Labute approximate surface area is 121 Å². The molecule has 112 valence electrons. The molecule has 4 nitrogen and oxygen atoms in total. The van der Waals surface area contributed by atoms with Crippen LogP contribution in [0.25, 0.3) is 0 Å². The monoisotopic (exact) mass is 278 g/mol. The second-order valence-electron chi connectivity index (χ2n) is 5.58. The van der Waals surface area contributed by atoms with Crippen molar-refractivity contribution in [1.82, 2.24) is 4.90 Å². The molecule has 20 heavy (non-hydrogen) atoms. The van der Waals surface area contributed by atoms with Crippen molar-refractivity contribution in [2.75, 3.05) is 13.7 Å². The largest absolute Gasteiger partial charge is 0.483 e. The summed E-state index contributed by atoms with van der Waals surface area (Å²) >= 11 is 0. The average molecular weight is 278 g/mol. The predicted octanol–water partition coefficient (Wildman–Crippen LogP) is 2.42. The maximum atomic E-state index is 12.1. The summed E-state index contributed by atoms with van der Waals surface area (Å²) in [5.74, 6) is 1.25. The summed E-state index contributed by atoms with van der Waals surface area (Å²) in [5.41, 5.74) is 6.56. The Hall–Kier alpha value is -1.55. The molecule has 0 fully saturated rings. The third-order valence-corrected chi connectivity index (χ3v) is 3.41. The second kappa shape index (κ2) is 7.90. The summed E-state index contributed by atoms with van der Waals surface area (Å²) < 4.78 is 5.59. The normalized spacial score (nSPS) is 12.3. The van der Waals surface area contributed by atoms with Gasteiger partial charge in [-0.25, -0.2) is 0 Å². The van der Waals surface area contributed by atoms with Crippen LogP contribution in [0, 0.1) is 5.92 Å². The molecule has 1 aromatic carbocycles. The SMILES string of the molecule is CC(C)CC(C)N(C)C(=O)COc1ccccc1CN. The molecule has 1 rings (SSSR count). The fourth-order valence-electron chi connectivity index (χ4n) is 2.14. The van der Waals surface area contributed by atoms with E-state index in [1.54, 1.807) is 4.90 Å². The quantitative estimate of drug-likeness (QED) is 0.833. The summed E-state index contributed by atoms with van der Waals surface area (Å²) in [6, 6.07) is 7.76. The molecule has 0 aliphatic heterocycles. The molecule has 1 atom stereocenters. The van der Waals surface area contributed by atoms with Gasteiger partial charge in [0.05, 0.1) is 0 Å². The first-order valence-electron chi connectivity index (χ1n) is 7.12. The first-order chi connectivity index (χ1) is 9.45. The van der Waals surface area contributed by atoms with Gasteiger partial charge in [0.25, 0.3) is 5.91 Å². The lowest BCUT2D eigenvalue weighted by Gasteiger charge is -2.26. The van der Waals surface area contributed by atoms with Crippen LogP contribution in [-0.2, 0) is 11.3 Å². The fraction of sp³-hybridized carbons (Fsp3) is 0.562. The fourth-order valence-corrected chi connectivity index (χ4v) is 2.14. The molecule has 1 aromatic rings. The Morgan fingerprint density at radius 2 is 1.95 bits per heavy atom. The zero-order valence-corrected chi connectivity index (χ0v) is 12.9. The van der Waals surface area contributed by atoms with E-state index in [-0.39, 0.29) is 18.6 Å². The minimum atomic E-state index is -0.00928. The lowest BCUT2D eigenvalue weighted by Crippen LogP contribution is -2.38. The molecule has 0 aliphatic carbocycles. The molecular weight excluding hydrogens is 252 g/mol. The number of amides is 1. The molecule has 2 N–H and O–H groups in total. The molecule has 1 amide bonds. The third kappa shape index (κ3) is 4.85. The molecule has 0 radical (unpaired) electrons. The van der Waals surface area contributed by atoms with Crippen LogP contribution in [0.2, 0.25) is 0 Å². The van der Waals surface area contributed by atoms with E-state index in [1.165, 1.54) is 0 Å². The van der Waals surface area contributed by atoms with E-state index < -0.39 is 0 Å². The maximum absolute atomic E-state index is 12.1. The molecule has 4 heteroatoms. The van der Waals surface area contributed by atoms with Gasteiger partial charge in [0.2, 0.25) is 0 Å². The standard InChI is InChI=1S/C16H26N2O2/c1-12(2)9-13(3)18(4)16(19)11-20-15-8-6-5-7-14(15)10-17/h5-8,12-13H,9-11,17H2,1-4H3. The number of nitrogens with two attached hydrogens (primary N) is 1. The van der Waals surface area contributed by atoms with Crippen LogP contribution >= 0.6 is 0 Å². The van der Waals surface area contributed by atoms with Crippen molar-refractivity contribution in [3.05, 3.63) is 29.8 Å². The van der Waals surface area contributed by atoms with Crippen molar-refractivity contribution in [1.29, 1.82) is 0 Å². The van der Waals surface area contributed by atoms with Gasteiger partial charge in [0.1, 0.15) is 5.75 Å². The number of hydrogen-bond acceptors (Lipinski definition) is 3. The van der Waals surface area contributed by atoms with Crippen LogP contribution in [-0.4, -0.2) is 30.5 Å².